The maximum atomic E-state index is 11.3. The lowest BCUT2D eigenvalue weighted by molar-refractivity contribution is 0.195. The summed E-state index contributed by atoms with van der Waals surface area (Å²) in [7, 11) is 0. The molecular weight excluding hydrogens is 218 g/mol. The van der Waals surface area contributed by atoms with Crippen LogP contribution in [-0.2, 0) is 0 Å². The molecule has 0 bridgehead atoms. The van der Waals surface area contributed by atoms with Crippen LogP contribution in [0.3, 0.4) is 0 Å². The Kier molecular flexibility index (Phi) is 3.37. The molecule has 90 valence electrons. The van der Waals surface area contributed by atoms with Crippen molar-refractivity contribution < 1.29 is 9.90 Å². The third-order valence-corrected chi connectivity index (χ3v) is 2.17. The van der Waals surface area contributed by atoms with E-state index in [9.17, 15) is 9.90 Å². The van der Waals surface area contributed by atoms with E-state index in [4.69, 9.17) is 5.26 Å². The zero-order valence-corrected chi connectivity index (χ0v) is 10.4. The zero-order valence-electron chi connectivity index (χ0n) is 10.4. The van der Waals surface area contributed by atoms with Crippen molar-refractivity contribution in [1.29, 1.82) is 5.26 Å². The number of anilines is 1. The quantitative estimate of drug-likeness (QED) is 0.808. The number of amides is 1. The number of nitrogens with zero attached hydrogens (tertiary/aromatic N) is 3. The van der Waals surface area contributed by atoms with Gasteiger partial charge in [0.05, 0.1) is 5.69 Å². The molecular formula is C12H15N3O2. The highest BCUT2D eigenvalue weighted by atomic mass is 16.4. The molecule has 1 rings (SSSR count). The van der Waals surface area contributed by atoms with E-state index in [0.717, 1.165) is 0 Å². The molecule has 1 aromatic rings. The Morgan fingerprint density at radius 1 is 1.47 bits per heavy atom. The Bertz CT molecular complexity index is 484. The van der Waals surface area contributed by atoms with E-state index in [1.54, 1.807) is 33.8 Å². The highest BCUT2D eigenvalue weighted by Crippen LogP contribution is 2.25. The molecule has 0 aromatic carbocycles. The van der Waals surface area contributed by atoms with Gasteiger partial charge in [0.15, 0.2) is 0 Å². The number of hydrogen-bond acceptors (Lipinski definition) is 3. The molecule has 1 N–H and O–H groups in total. The van der Waals surface area contributed by atoms with Crippen LogP contribution in [0, 0.1) is 18.3 Å². The van der Waals surface area contributed by atoms with Gasteiger partial charge in [0.2, 0.25) is 0 Å². The van der Waals surface area contributed by atoms with Gasteiger partial charge in [0.25, 0.3) is 0 Å². The highest BCUT2D eigenvalue weighted by molar-refractivity contribution is 5.87. The number of carboxylic acid groups (broad SMARTS) is 1. The van der Waals surface area contributed by atoms with E-state index in [0.29, 0.717) is 11.4 Å². The van der Waals surface area contributed by atoms with Crippen molar-refractivity contribution >= 4 is 11.8 Å². The van der Waals surface area contributed by atoms with Crippen LogP contribution in [0.15, 0.2) is 12.1 Å². The van der Waals surface area contributed by atoms with Gasteiger partial charge in [0, 0.05) is 11.2 Å². The summed E-state index contributed by atoms with van der Waals surface area (Å²) in [6, 6.07) is 5.05. The molecule has 0 aliphatic rings. The predicted molar refractivity (Wildman–Crippen MR) is 63.9 cm³/mol. The van der Waals surface area contributed by atoms with Crippen molar-refractivity contribution in [2.75, 3.05) is 4.90 Å². The molecule has 1 amide bonds. The van der Waals surface area contributed by atoms with Crippen LogP contribution in [-0.4, -0.2) is 21.7 Å². The molecule has 0 fully saturated rings. The van der Waals surface area contributed by atoms with Crippen LogP contribution in [0.2, 0.25) is 0 Å². The van der Waals surface area contributed by atoms with Crippen molar-refractivity contribution in [3.63, 3.8) is 0 Å². The molecule has 1 aromatic heterocycles. The standard InChI is InChI=1S/C12H15N3O2/c1-8-5-10(6-9(7-13)14-8)15(11(16)17)12(2,3)4/h5-6H,1-4H3,(H,16,17). The molecule has 0 unspecified atom stereocenters. The van der Waals surface area contributed by atoms with E-state index >= 15 is 0 Å². The first-order chi connectivity index (χ1) is 7.75. The second-order valence-electron chi connectivity index (χ2n) is 4.75. The van der Waals surface area contributed by atoms with Crippen molar-refractivity contribution in [3.8, 4) is 6.07 Å². The van der Waals surface area contributed by atoms with Crippen LogP contribution in [0.4, 0.5) is 10.5 Å². The van der Waals surface area contributed by atoms with E-state index in [1.807, 2.05) is 6.07 Å². The number of aryl methyl sites for hydroxylation is 1. The molecule has 0 saturated carbocycles. The Labute approximate surface area is 100 Å². The first-order valence-corrected chi connectivity index (χ1v) is 5.17. The topological polar surface area (TPSA) is 77.2 Å². The first kappa shape index (κ1) is 13.0. The number of aromatic nitrogens is 1. The third kappa shape index (κ3) is 2.94. The Morgan fingerprint density at radius 2 is 2.06 bits per heavy atom. The minimum Gasteiger partial charge on any atom is -0.465 e. The highest BCUT2D eigenvalue weighted by Gasteiger charge is 2.28. The summed E-state index contributed by atoms with van der Waals surface area (Å²) < 4.78 is 0. The summed E-state index contributed by atoms with van der Waals surface area (Å²) in [5.74, 6) is 0. The number of nitriles is 1. The van der Waals surface area contributed by atoms with E-state index in [2.05, 4.69) is 4.98 Å². The van der Waals surface area contributed by atoms with Crippen molar-refractivity contribution in [1.82, 2.24) is 4.98 Å². The summed E-state index contributed by atoms with van der Waals surface area (Å²) in [5, 5.41) is 18.1. The van der Waals surface area contributed by atoms with Gasteiger partial charge in [-0.3, -0.25) is 4.90 Å². The normalized spacial score (nSPS) is 10.8. The summed E-state index contributed by atoms with van der Waals surface area (Å²) in [6.45, 7) is 7.11. The summed E-state index contributed by atoms with van der Waals surface area (Å²) >= 11 is 0. The largest absolute Gasteiger partial charge is 0.465 e. The van der Waals surface area contributed by atoms with E-state index in [1.165, 1.54) is 11.0 Å². The van der Waals surface area contributed by atoms with Gasteiger partial charge in [-0.1, -0.05) is 0 Å². The number of rotatable bonds is 1. The van der Waals surface area contributed by atoms with E-state index in [-0.39, 0.29) is 5.69 Å². The Hall–Kier alpha value is -2.09. The Morgan fingerprint density at radius 3 is 2.47 bits per heavy atom. The van der Waals surface area contributed by atoms with Gasteiger partial charge in [-0.2, -0.15) is 5.26 Å². The van der Waals surface area contributed by atoms with Gasteiger partial charge in [-0.25, -0.2) is 9.78 Å². The van der Waals surface area contributed by atoms with Crippen LogP contribution in [0.5, 0.6) is 0 Å². The summed E-state index contributed by atoms with van der Waals surface area (Å²) in [6.07, 6.45) is -1.05. The van der Waals surface area contributed by atoms with Crippen molar-refractivity contribution in [2.24, 2.45) is 0 Å². The fraction of sp³-hybridized carbons (Fsp3) is 0.417. The zero-order chi connectivity index (χ0) is 13.2. The Balaban J connectivity index is 3.35. The van der Waals surface area contributed by atoms with Gasteiger partial charge < -0.3 is 5.11 Å². The van der Waals surface area contributed by atoms with Gasteiger partial charge >= 0.3 is 6.09 Å². The van der Waals surface area contributed by atoms with Crippen molar-refractivity contribution in [3.05, 3.63) is 23.5 Å². The maximum Gasteiger partial charge on any atom is 0.412 e. The third-order valence-electron chi connectivity index (χ3n) is 2.17. The maximum absolute atomic E-state index is 11.3. The molecule has 1 heterocycles. The molecule has 0 aliphatic carbocycles. The molecule has 0 saturated heterocycles. The van der Waals surface area contributed by atoms with Crippen LogP contribution < -0.4 is 4.90 Å². The average molecular weight is 233 g/mol. The van der Waals surface area contributed by atoms with Crippen molar-refractivity contribution in [2.45, 2.75) is 33.2 Å². The lowest BCUT2D eigenvalue weighted by Crippen LogP contribution is -2.45. The molecule has 5 heteroatoms. The van der Waals surface area contributed by atoms with E-state index < -0.39 is 11.6 Å². The number of pyridine rings is 1. The monoisotopic (exact) mass is 233 g/mol. The van der Waals surface area contributed by atoms with Crippen LogP contribution >= 0.6 is 0 Å². The molecule has 0 atom stereocenters. The molecule has 0 radical (unpaired) electrons. The molecule has 0 aliphatic heterocycles. The number of hydrogen-bond donors (Lipinski definition) is 1. The second kappa shape index (κ2) is 4.42. The van der Waals surface area contributed by atoms with Crippen LogP contribution in [0.1, 0.15) is 32.2 Å². The van der Waals surface area contributed by atoms with Gasteiger partial charge in [-0.15, -0.1) is 0 Å². The van der Waals surface area contributed by atoms with Crippen LogP contribution in [0.25, 0.3) is 0 Å². The van der Waals surface area contributed by atoms with Gasteiger partial charge in [-0.05, 0) is 39.8 Å². The predicted octanol–water partition coefficient (Wildman–Crippen LogP) is 2.54. The second-order valence-corrected chi connectivity index (χ2v) is 4.75. The minimum atomic E-state index is -1.05. The average Bonchev–Trinajstić information content (AvgIpc) is 2.13. The lowest BCUT2D eigenvalue weighted by Gasteiger charge is -2.33. The summed E-state index contributed by atoms with van der Waals surface area (Å²) in [5.41, 5.74) is 0.728. The van der Waals surface area contributed by atoms with Gasteiger partial charge in [0.1, 0.15) is 11.8 Å². The SMILES string of the molecule is Cc1cc(N(C(=O)O)C(C)(C)C)cc(C#N)n1. The molecule has 17 heavy (non-hydrogen) atoms. The fourth-order valence-electron chi connectivity index (χ4n) is 1.62. The lowest BCUT2D eigenvalue weighted by atomic mass is 10.1. The minimum absolute atomic E-state index is 0.218. The number of carbonyl (C=O) groups is 1. The first-order valence-electron chi connectivity index (χ1n) is 5.17. The molecule has 5 nitrogen and oxygen atoms in total. The smallest absolute Gasteiger partial charge is 0.412 e. The molecule has 0 spiro atoms. The summed E-state index contributed by atoms with van der Waals surface area (Å²) in [4.78, 5) is 16.5. The fourth-order valence-corrected chi connectivity index (χ4v) is 1.62.